The molecule has 1 rings (SSSR count). The van der Waals surface area contributed by atoms with E-state index in [9.17, 15) is 14.7 Å². The number of carbonyl (C=O) groups excluding carboxylic acids is 2. The number of hydrogen-bond donors (Lipinski definition) is 4. The summed E-state index contributed by atoms with van der Waals surface area (Å²) < 4.78 is 0. The van der Waals surface area contributed by atoms with Crippen LogP contribution in [-0.2, 0) is 0 Å². The van der Waals surface area contributed by atoms with Crippen molar-refractivity contribution in [2.24, 2.45) is 0 Å². The van der Waals surface area contributed by atoms with Crippen molar-refractivity contribution in [1.82, 2.24) is 16.0 Å². The molecular formula is C15H23N3O3. The van der Waals surface area contributed by atoms with Gasteiger partial charge in [0.15, 0.2) is 0 Å². The number of phenols is 1. The van der Waals surface area contributed by atoms with Crippen molar-refractivity contribution in [2.75, 3.05) is 13.1 Å². The van der Waals surface area contributed by atoms with Crippen LogP contribution in [0.15, 0.2) is 24.3 Å². The summed E-state index contributed by atoms with van der Waals surface area (Å²) in [4.78, 5) is 23.2. The summed E-state index contributed by atoms with van der Waals surface area (Å²) >= 11 is 0. The van der Waals surface area contributed by atoms with Crippen molar-refractivity contribution in [3.8, 4) is 5.75 Å². The molecule has 0 bridgehead atoms. The molecule has 3 amide bonds. The fourth-order valence-electron chi connectivity index (χ4n) is 1.62. The average molecular weight is 293 g/mol. The number of nitrogens with one attached hydrogen (secondary N) is 3. The standard InChI is InChI=1S/C15H23N3O3/c1-3-11(2)18-15(21)17-9-5-8-16-14(20)12-6-4-7-13(19)10-12/h4,6-7,10-11,19H,3,5,8-9H2,1-2H3,(H,16,20)(H2,17,18,21)/t11-/m0/s1. The van der Waals surface area contributed by atoms with Crippen molar-refractivity contribution < 1.29 is 14.7 Å². The Morgan fingerprint density at radius 3 is 2.62 bits per heavy atom. The predicted molar refractivity (Wildman–Crippen MR) is 81.3 cm³/mol. The highest BCUT2D eigenvalue weighted by atomic mass is 16.3. The summed E-state index contributed by atoms with van der Waals surface area (Å²) in [5, 5.41) is 17.5. The molecule has 0 saturated carbocycles. The molecule has 0 fully saturated rings. The van der Waals surface area contributed by atoms with Crippen LogP contribution in [0.5, 0.6) is 5.75 Å². The molecule has 0 spiro atoms. The number of carbonyl (C=O) groups is 2. The van der Waals surface area contributed by atoms with E-state index < -0.39 is 0 Å². The highest BCUT2D eigenvalue weighted by molar-refractivity contribution is 5.94. The molecule has 116 valence electrons. The Balaban J connectivity index is 2.17. The zero-order valence-corrected chi connectivity index (χ0v) is 12.5. The number of urea groups is 1. The van der Waals surface area contributed by atoms with Crippen LogP contribution in [0.1, 0.15) is 37.0 Å². The van der Waals surface area contributed by atoms with Gasteiger partial charge in [-0.3, -0.25) is 4.79 Å². The number of hydrogen-bond acceptors (Lipinski definition) is 3. The molecule has 1 aromatic carbocycles. The third-order valence-electron chi connectivity index (χ3n) is 3.02. The van der Waals surface area contributed by atoms with Gasteiger partial charge in [0.1, 0.15) is 5.75 Å². The van der Waals surface area contributed by atoms with Crippen molar-refractivity contribution in [1.29, 1.82) is 0 Å². The summed E-state index contributed by atoms with van der Waals surface area (Å²) in [6, 6.07) is 6.13. The molecule has 0 heterocycles. The maximum atomic E-state index is 11.8. The van der Waals surface area contributed by atoms with Gasteiger partial charge in [-0.2, -0.15) is 0 Å². The minimum atomic E-state index is -0.241. The smallest absolute Gasteiger partial charge is 0.314 e. The van der Waals surface area contributed by atoms with Gasteiger partial charge in [-0.05, 0) is 38.0 Å². The molecule has 0 unspecified atom stereocenters. The summed E-state index contributed by atoms with van der Waals surface area (Å²) in [5.41, 5.74) is 0.414. The minimum absolute atomic E-state index is 0.0611. The first-order valence-electron chi connectivity index (χ1n) is 7.14. The fourth-order valence-corrected chi connectivity index (χ4v) is 1.62. The molecule has 0 aliphatic rings. The van der Waals surface area contributed by atoms with Crippen molar-refractivity contribution in [2.45, 2.75) is 32.7 Å². The third-order valence-corrected chi connectivity index (χ3v) is 3.02. The lowest BCUT2D eigenvalue weighted by molar-refractivity contribution is 0.0953. The Bertz CT molecular complexity index is 477. The molecule has 1 atom stereocenters. The Morgan fingerprint density at radius 1 is 1.24 bits per heavy atom. The lowest BCUT2D eigenvalue weighted by Gasteiger charge is -2.12. The summed E-state index contributed by atoms with van der Waals surface area (Å²) in [6.45, 7) is 4.89. The maximum Gasteiger partial charge on any atom is 0.314 e. The van der Waals surface area contributed by atoms with Crippen LogP contribution in [0.25, 0.3) is 0 Å². The first-order chi connectivity index (χ1) is 10.0. The van der Waals surface area contributed by atoms with Crippen LogP contribution in [0.4, 0.5) is 4.79 Å². The number of phenolic OH excluding ortho intramolecular Hbond substituents is 1. The highest BCUT2D eigenvalue weighted by Crippen LogP contribution is 2.10. The van der Waals surface area contributed by atoms with Gasteiger partial charge in [-0.15, -0.1) is 0 Å². The zero-order chi connectivity index (χ0) is 15.7. The molecule has 4 N–H and O–H groups in total. The van der Waals surface area contributed by atoms with Gasteiger partial charge < -0.3 is 21.1 Å². The van der Waals surface area contributed by atoms with Crippen molar-refractivity contribution in [3.05, 3.63) is 29.8 Å². The molecule has 1 aromatic rings. The molecule has 0 aliphatic carbocycles. The second-order valence-corrected chi connectivity index (χ2v) is 4.87. The topological polar surface area (TPSA) is 90.5 Å². The van der Waals surface area contributed by atoms with E-state index in [0.717, 1.165) is 6.42 Å². The van der Waals surface area contributed by atoms with Gasteiger partial charge in [0.25, 0.3) is 5.91 Å². The monoisotopic (exact) mass is 293 g/mol. The Morgan fingerprint density at radius 2 is 1.95 bits per heavy atom. The molecule has 0 aromatic heterocycles. The second kappa shape index (κ2) is 8.84. The predicted octanol–water partition coefficient (Wildman–Crippen LogP) is 1.61. The molecular weight excluding hydrogens is 270 g/mol. The average Bonchev–Trinajstić information content (AvgIpc) is 2.46. The van der Waals surface area contributed by atoms with E-state index in [0.29, 0.717) is 25.1 Å². The van der Waals surface area contributed by atoms with Crippen LogP contribution in [-0.4, -0.2) is 36.2 Å². The number of aromatic hydroxyl groups is 1. The largest absolute Gasteiger partial charge is 0.508 e. The molecule has 21 heavy (non-hydrogen) atoms. The minimum Gasteiger partial charge on any atom is -0.508 e. The quantitative estimate of drug-likeness (QED) is 0.576. The molecule has 6 heteroatoms. The molecule has 0 aliphatic heterocycles. The number of benzene rings is 1. The van der Waals surface area contributed by atoms with Crippen LogP contribution < -0.4 is 16.0 Å². The summed E-state index contributed by atoms with van der Waals surface area (Å²) in [7, 11) is 0. The Kier molecular flexibility index (Phi) is 7.08. The van der Waals surface area contributed by atoms with E-state index in [1.807, 2.05) is 13.8 Å². The lowest BCUT2D eigenvalue weighted by Crippen LogP contribution is -2.41. The Labute approximate surface area is 124 Å². The highest BCUT2D eigenvalue weighted by Gasteiger charge is 2.06. The lowest BCUT2D eigenvalue weighted by atomic mass is 10.2. The van der Waals surface area contributed by atoms with Crippen LogP contribution >= 0.6 is 0 Å². The second-order valence-electron chi connectivity index (χ2n) is 4.87. The third kappa shape index (κ3) is 6.65. The van der Waals surface area contributed by atoms with Gasteiger partial charge in [-0.1, -0.05) is 13.0 Å². The normalized spacial score (nSPS) is 11.5. The SMILES string of the molecule is CC[C@H](C)NC(=O)NCCCNC(=O)c1cccc(O)c1. The van der Waals surface area contributed by atoms with Crippen LogP contribution in [0.2, 0.25) is 0 Å². The van der Waals surface area contributed by atoms with Crippen LogP contribution in [0, 0.1) is 0 Å². The summed E-state index contributed by atoms with van der Waals surface area (Å²) in [5.74, 6) is -0.180. The van der Waals surface area contributed by atoms with Gasteiger partial charge in [0, 0.05) is 24.7 Å². The van der Waals surface area contributed by atoms with Gasteiger partial charge in [0.05, 0.1) is 0 Å². The van der Waals surface area contributed by atoms with Crippen LogP contribution in [0.3, 0.4) is 0 Å². The van der Waals surface area contributed by atoms with E-state index in [1.54, 1.807) is 12.1 Å². The van der Waals surface area contributed by atoms with Gasteiger partial charge in [0.2, 0.25) is 0 Å². The van der Waals surface area contributed by atoms with E-state index in [2.05, 4.69) is 16.0 Å². The van der Waals surface area contributed by atoms with E-state index in [4.69, 9.17) is 0 Å². The fraction of sp³-hybridized carbons (Fsp3) is 0.467. The van der Waals surface area contributed by atoms with E-state index in [-0.39, 0.29) is 23.7 Å². The van der Waals surface area contributed by atoms with E-state index >= 15 is 0 Å². The van der Waals surface area contributed by atoms with Crippen molar-refractivity contribution >= 4 is 11.9 Å². The van der Waals surface area contributed by atoms with Crippen molar-refractivity contribution in [3.63, 3.8) is 0 Å². The Hall–Kier alpha value is -2.24. The van der Waals surface area contributed by atoms with Gasteiger partial charge >= 0.3 is 6.03 Å². The number of rotatable bonds is 7. The maximum absolute atomic E-state index is 11.8. The first kappa shape index (κ1) is 16.8. The summed E-state index contributed by atoms with van der Waals surface area (Å²) in [6.07, 6.45) is 1.52. The number of amides is 3. The van der Waals surface area contributed by atoms with Gasteiger partial charge in [-0.25, -0.2) is 4.79 Å². The molecule has 0 saturated heterocycles. The van der Waals surface area contributed by atoms with E-state index in [1.165, 1.54) is 12.1 Å². The zero-order valence-electron chi connectivity index (χ0n) is 12.5. The molecule has 6 nitrogen and oxygen atoms in total. The first-order valence-corrected chi connectivity index (χ1v) is 7.14. The molecule has 0 radical (unpaired) electrons.